The fourth-order valence-corrected chi connectivity index (χ4v) is 3.24. The Balaban J connectivity index is 1.72. The van der Waals surface area contributed by atoms with Crippen molar-refractivity contribution in [1.29, 1.82) is 0 Å². The number of hydrogen-bond acceptors (Lipinski definition) is 5. The van der Waals surface area contributed by atoms with Crippen LogP contribution in [0.4, 0.5) is 11.4 Å². The average molecular weight is 338 g/mol. The fourth-order valence-electron chi connectivity index (χ4n) is 3.24. The molecule has 0 aromatic heterocycles. The number of nitro benzene ring substituents is 1. The van der Waals surface area contributed by atoms with E-state index in [-0.39, 0.29) is 23.1 Å². The quantitative estimate of drug-likeness (QED) is 0.683. The van der Waals surface area contributed by atoms with E-state index in [9.17, 15) is 19.7 Å². The van der Waals surface area contributed by atoms with E-state index in [1.807, 2.05) is 0 Å². The van der Waals surface area contributed by atoms with Crippen molar-refractivity contribution < 1.29 is 19.2 Å². The summed E-state index contributed by atoms with van der Waals surface area (Å²) in [6, 6.07) is 7.99. The van der Waals surface area contributed by atoms with Crippen molar-refractivity contribution in [3.8, 4) is 11.5 Å². The summed E-state index contributed by atoms with van der Waals surface area (Å²) in [5, 5.41) is 14.1. The molecular formula is C18H14N2O5. The van der Waals surface area contributed by atoms with Crippen molar-refractivity contribution in [1.82, 2.24) is 0 Å². The predicted molar refractivity (Wildman–Crippen MR) is 89.2 cm³/mol. The molecule has 0 fully saturated rings. The van der Waals surface area contributed by atoms with Crippen LogP contribution in [0.25, 0.3) is 0 Å². The highest BCUT2D eigenvalue weighted by Gasteiger charge is 2.25. The number of benzene rings is 2. The van der Waals surface area contributed by atoms with Crippen molar-refractivity contribution in [2.75, 3.05) is 5.32 Å². The average Bonchev–Trinajstić information content (AvgIpc) is 2.94. The minimum absolute atomic E-state index is 0.0650. The van der Waals surface area contributed by atoms with Gasteiger partial charge in [-0.25, -0.2) is 0 Å². The Morgan fingerprint density at radius 1 is 1.00 bits per heavy atom. The summed E-state index contributed by atoms with van der Waals surface area (Å²) in [7, 11) is 0. The first-order valence-electron chi connectivity index (χ1n) is 7.96. The minimum atomic E-state index is -0.497. The maximum Gasteiger partial charge on any atom is 0.311 e. The van der Waals surface area contributed by atoms with Crippen LogP contribution in [0.2, 0.25) is 0 Å². The number of anilines is 1. The number of carbonyl (C=O) groups is 2. The van der Waals surface area contributed by atoms with E-state index < -0.39 is 4.92 Å². The number of Topliss-reactive ketones (excluding diaryl/α,β-unsaturated/α-hetero) is 1. The number of nitro groups is 1. The summed E-state index contributed by atoms with van der Waals surface area (Å²) < 4.78 is 5.73. The van der Waals surface area contributed by atoms with E-state index in [0.717, 1.165) is 11.1 Å². The van der Waals surface area contributed by atoms with Gasteiger partial charge in [0, 0.05) is 36.2 Å². The third kappa shape index (κ3) is 2.73. The van der Waals surface area contributed by atoms with E-state index in [1.54, 1.807) is 18.2 Å². The van der Waals surface area contributed by atoms with E-state index in [4.69, 9.17) is 4.74 Å². The second kappa shape index (κ2) is 5.70. The molecule has 0 bridgehead atoms. The van der Waals surface area contributed by atoms with Gasteiger partial charge in [0.25, 0.3) is 0 Å². The number of aryl methyl sites for hydroxylation is 2. The number of nitrogens with one attached hydrogen (secondary N) is 1. The molecule has 0 radical (unpaired) electrons. The first kappa shape index (κ1) is 15.3. The molecule has 1 aliphatic heterocycles. The van der Waals surface area contributed by atoms with E-state index in [2.05, 4.69) is 5.32 Å². The molecule has 0 saturated heterocycles. The first-order chi connectivity index (χ1) is 12.0. The summed E-state index contributed by atoms with van der Waals surface area (Å²) in [5.74, 6) is 0.473. The molecule has 1 aliphatic carbocycles. The lowest BCUT2D eigenvalue weighted by atomic mass is 10.0. The normalized spacial score (nSPS) is 15.4. The van der Waals surface area contributed by atoms with Crippen molar-refractivity contribution in [2.45, 2.75) is 25.7 Å². The molecule has 7 heteroatoms. The molecule has 25 heavy (non-hydrogen) atoms. The van der Waals surface area contributed by atoms with Gasteiger partial charge in [-0.3, -0.25) is 19.7 Å². The lowest BCUT2D eigenvalue weighted by Gasteiger charge is -2.18. The van der Waals surface area contributed by atoms with E-state index in [1.165, 1.54) is 12.1 Å². The molecule has 0 atom stereocenters. The van der Waals surface area contributed by atoms with Gasteiger partial charge in [0.2, 0.25) is 11.7 Å². The van der Waals surface area contributed by atoms with Crippen molar-refractivity contribution >= 4 is 23.1 Å². The Bertz CT molecular complexity index is 935. The highest BCUT2D eigenvalue weighted by atomic mass is 16.6. The Morgan fingerprint density at radius 3 is 2.60 bits per heavy atom. The summed E-state index contributed by atoms with van der Waals surface area (Å²) in [6.45, 7) is 0. The van der Waals surface area contributed by atoms with Crippen molar-refractivity contribution in [2.24, 2.45) is 0 Å². The lowest BCUT2D eigenvalue weighted by Crippen LogP contribution is -2.19. The van der Waals surface area contributed by atoms with Gasteiger partial charge < -0.3 is 10.1 Å². The molecule has 2 aromatic carbocycles. The van der Waals surface area contributed by atoms with Gasteiger partial charge in [-0.2, -0.15) is 0 Å². The number of amides is 1. The smallest absolute Gasteiger partial charge is 0.311 e. The number of ether oxygens (including phenoxy) is 1. The summed E-state index contributed by atoms with van der Waals surface area (Å²) in [5.41, 5.74) is 2.67. The molecule has 0 unspecified atom stereocenters. The summed E-state index contributed by atoms with van der Waals surface area (Å²) >= 11 is 0. The van der Waals surface area contributed by atoms with Gasteiger partial charge in [-0.15, -0.1) is 0 Å². The largest absolute Gasteiger partial charge is 0.450 e. The molecule has 0 spiro atoms. The molecule has 2 aliphatic rings. The molecule has 4 rings (SSSR count). The molecule has 1 amide bonds. The highest BCUT2D eigenvalue weighted by molar-refractivity contribution is 6.00. The second-order valence-corrected chi connectivity index (χ2v) is 6.13. The van der Waals surface area contributed by atoms with Crippen LogP contribution in [-0.2, 0) is 17.6 Å². The van der Waals surface area contributed by atoms with Gasteiger partial charge in [-0.05, 0) is 42.2 Å². The summed E-state index contributed by atoms with van der Waals surface area (Å²) in [4.78, 5) is 34.1. The van der Waals surface area contributed by atoms with Gasteiger partial charge in [0.05, 0.1) is 4.92 Å². The van der Waals surface area contributed by atoms with Gasteiger partial charge in [0.15, 0.2) is 5.78 Å². The van der Waals surface area contributed by atoms with Crippen LogP contribution >= 0.6 is 0 Å². The zero-order valence-electron chi connectivity index (χ0n) is 13.2. The molecule has 7 nitrogen and oxygen atoms in total. The SMILES string of the molecule is O=C1CCc2cc([N+](=O)[O-])c(Oc3ccc4c(c3)CCC4=O)cc2N1. The highest BCUT2D eigenvalue weighted by Crippen LogP contribution is 2.39. The minimum Gasteiger partial charge on any atom is -0.450 e. The van der Waals surface area contributed by atoms with Crippen LogP contribution in [0, 0.1) is 10.1 Å². The summed E-state index contributed by atoms with van der Waals surface area (Å²) in [6.07, 6.45) is 1.89. The van der Waals surface area contributed by atoms with Crippen LogP contribution < -0.4 is 10.1 Å². The van der Waals surface area contributed by atoms with Gasteiger partial charge in [0.1, 0.15) is 5.75 Å². The van der Waals surface area contributed by atoms with E-state index in [0.29, 0.717) is 42.7 Å². The number of ketones is 1. The molecule has 126 valence electrons. The third-order valence-corrected chi connectivity index (χ3v) is 4.50. The maximum atomic E-state index is 11.7. The predicted octanol–water partition coefficient (Wildman–Crippen LogP) is 3.40. The third-order valence-electron chi connectivity index (χ3n) is 4.50. The molecular weight excluding hydrogens is 324 g/mol. The number of nitrogens with zero attached hydrogens (tertiary/aromatic N) is 1. The van der Waals surface area contributed by atoms with Crippen molar-refractivity contribution in [3.63, 3.8) is 0 Å². The Labute approximate surface area is 142 Å². The molecule has 1 heterocycles. The Kier molecular flexibility index (Phi) is 3.49. The standard InChI is InChI=1S/C18H14N2O5/c21-16-5-1-10-7-12(3-4-13(10)16)25-17-9-14-11(2-6-18(22)19-14)8-15(17)20(23)24/h3-4,7-9H,1-2,5-6H2,(H,19,22). The Morgan fingerprint density at radius 2 is 1.80 bits per heavy atom. The zero-order valence-corrected chi connectivity index (χ0v) is 13.2. The van der Waals surface area contributed by atoms with Crippen LogP contribution in [0.1, 0.15) is 34.3 Å². The van der Waals surface area contributed by atoms with E-state index >= 15 is 0 Å². The van der Waals surface area contributed by atoms with Gasteiger partial charge in [-0.1, -0.05) is 0 Å². The van der Waals surface area contributed by atoms with Crippen LogP contribution in [0.3, 0.4) is 0 Å². The van der Waals surface area contributed by atoms with Crippen molar-refractivity contribution in [3.05, 3.63) is 57.1 Å². The first-order valence-corrected chi connectivity index (χ1v) is 7.96. The Hall–Kier alpha value is -3.22. The molecule has 1 N–H and O–H groups in total. The monoisotopic (exact) mass is 338 g/mol. The fraction of sp³-hybridized carbons (Fsp3) is 0.222. The number of fused-ring (bicyclic) bond motifs is 2. The van der Waals surface area contributed by atoms with Crippen LogP contribution in [0.15, 0.2) is 30.3 Å². The number of hydrogen-bond donors (Lipinski definition) is 1. The zero-order chi connectivity index (χ0) is 17.6. The number of rotatable bonds is 3. The topological polar surface area (TPSA) is 98.5 Å². The number of carbonyl (C=O) groups excluding carboxylic acids is 2. The van der Waals surface area contributed by atoms with Gasteiger partial charge >= 0.3 is 5.69 Å². The second-order valence-electron chi connectivity index (χ2n) is 6.13. The molecule has 0 saturated carbocycles. The lowest BCUT2D eigenvalue weighted by molar-refractivity contribution is -0.385. The molecule has 2 aromatic rings. The van der Waals surface area contributed by atoms with Crippen LogP contribution in [-0.4, -0.2) is 16.6 Å². The van der Waals surface area contributed by atoms with Crippen LogP contribution in [0.5, 0.6) is 11.5 Å². The maximum absolute atomic E-state index is 11.7.